The standard InChI is InChI=1S/C27H32N6O6S3/c1-19-8-12-28-21(16-19)22-17-20(9-13-29-22)26(35)33-23(18-42(37,38)39)27(36)32-11-4-2-6-24(34)30-14-15-40-41-25-7-3-5-10-31-25/h3,5,7-10,12-13,16-17,23H,2,4,6,11,14-15,18H2,1H3,(H,30,34)(H,32,36)(H,33,35)(H,37,38,39). The second kappa shape index (κ2) is 16.8. The van der Waals surface area contributed by atoms with Crippen LogP contribution in [0.2, 0.25) is 0 Å². The van der Waals surface area contributed by atoms with Gasteiger partial charge in [-0.05, 0) is 72.5 Å². The van der Waals surface area contributed by atoms with Crippen LogP contribution in [0.3, 0.4) is 0 Å². The van der Waals surface area contributed by atoms with Gasteiger partial charge in [0.05, 0.1) is 11.4 Å². The van der Waals surface area contributed by atoms with Gasteiger partial charge < -0.3 is 16.0 Å². The van der Waals surface area contributed by atoms with Crippen molar-refractivity contribution < 1.29 is 27.4 Å². The fourth-order valence-corrected chi connectivity index (χ4v) is 6.03. The molecule has 15 heteroatoms. The Morgan fingerprint density at radius 1 is 0.929 bits per heavy atom. The van der Waals surface area contributed by atoms with E-state index in [0.29, 0.717) is 36.5 Å². The van der Waals surface area contributed by atoms with Gasteiger partial charge in [-0.3, -0.25) is 28.9 Å². The molecule has 0 aliphatic heterocycles. The van der Waals surface area contributed by atoms with Crippen LogP contribution in [0, 0.1) is 6.92 Å². The molecule has 0 radical (unpaired) electrons. The van der Waals surface area contributed by atoms with Gasteiger partial charge in [-0.2, -0.15) is 8.42 Å². The normalized spacial score (nSPS) is 11.9. The molecular weight excluding hydrogens is 601 g/mol. The van der Waals surface area contributed by atoms with Crippen molar-refractivity contribution in [2.24, 2.45) is 0 Å². The maximum atomic E-state index is 12.9. The zero-order chi connectivity index (χ0) is 30.4. The van der Waals surface area contributed by atoms with E-state index < -0.39 is 33.7 Å². The Balaban J connectivity index is 1.42. The van der Waals surface area contributed by atoms with Crippen molar-refractivity contribution in [3.63, 3.8) is 0 Å². The Bertz CT molecular complexity index is 1460. The van der Waals surface area contributed by atoms with Gasteiger partial charge in [0.1, 0.15) is 16.8 Å². The number of nitrogens with one attached hydrogen (secondary N) is 3. The Kier molecular flexibility index (Phi) is 13.2. The van der Waals surface area contributed by atoms with Gasteiger partial charge in [-0.1, -0.05) is 16.9 Å². The van der Waals surface area contributed by atoms with Crippen LogP contribution >= 0.6 is 21.6 Å². The molecule has 0 bridgehead atoms. The van der Waals surface area contributed by atoms with Crippen molar-refractivity contribution in [3.05, 3.63) is 72.2 Å². The molecule has 3 rings (SSSR count). The molecule has 42 heavy (non-hydrogen) atoms. The van der Waals surface area contributed by atoms with Gasteiger partial charge in [0.25, 0.3) is 16.0 Å². The van der Waals surface area contributed by atoms with Crippen LogP contribution in [0.25, 0.3) is 11.4 Å². The average molecular weight is 633 g/mol. The summed E-state index contributed by atoms with van der Waals surface area (Å²) in [4.78, 5) is 50.3. The van der Waals surface area contributed by atoms with E-state index in [4.69, 9.17) is 0 Å². The third kappa shape index (κ3) is 12.1. The zero-order valence-corrected chi connectivity index (χ0v) is 25.3. The average Bonchev–Trinajstić information content (AvgIpc) is 2.96. The lowest BCUT2D eigenvalue weighted by molar-refractivity contribution is -0.122. The summed E-state index contributed by atoms with van der Waals surface area (Å²) in [7, 11) is -1.46. The number of nitrogens with zero attached hydrogens (tertiary/aromatic N) is 3. The summed E-state index contributed by atoms with van der Waals surface area (Å²) < 4.78 is 32.4. The van der Waals surface area contributed by atoms with Crippen LogP contribution in [0.5, 0.6) is 0 Å². The van der Waals surface area contributed by atoms with Crippen LogP contribution in [0.15, 0.2) is 66.1 Å². The van der Waals surface area contributed by atoms with E-state index in [1.807, 2.05) is 31.2 Å². The maximum absolute atomic E-state index is 12.9. The summed E-state index contributed by atoms with van der Waals surface area (Å²) in [5.41, 5.74) is 2.06. The number of carbonyl (C=O) groups excluding carboxylic acids is 3. The highest BCUT2D eigenvalue weighted by molar-refractivity contribution is 8.76. The molecule has 12 nitrogen and oxygen atoms in total. The summed E-state index contributed by atoms with van der Waals surface area (Å²) >= 11 is 0. The monoisotopic (exact) mass is 632 g/mol. The first-order valence-electron chi connectivity index (χ1n) is 13.0. The molecule has 1 atom stereocenters. The van der Waals surface area contributed by atoms with E-state index in [2.05, 4.69) is 30.9 Å². The van der Waals surface area contributed by atoms with Crippen molar-refractivity contribution in [2.45, 2.75) is 37.3 Å². The largest absolute Gasteiger partial charge is 0.355 e. The fourth-order valence-electron chi connectivity index (χ4n) is 3.59. The number of carbonyl (C=O) groups is 3. The maximum Gasteiger partial charge on any atom is 0.267 e. The van der Waals surface area contributed by atoms with E-state index in [1.165, 1.54) is 29.1 Å². The van der Waals surface area contributed by atoms with Gasteiger partial charge in [-0.25, -0.2) is 4.98 Å². The van der Waals surface area contributed by atoms with Crippen molar-refractivity contribution in [2.75, 3.05) is 24.6 Å². The van der Waals surface area contributed by atoms with Crippen LogP contribution in [0.4, 0.5) is 0 Å². The quantitative estimate of drug-likeness (QED) is 0.104. The number of rotatable bonds is 16. The molecule has 1 unspecified atom stereocenters. The minimum absolute atomic E-state index is 0.112. The highest BCUT2D eigenvalue weighted by atomic mass is 33.1. The van der Waals surface area contributed by atoms with E-state index in [0.717, 1.165) is 10.6 Å². The molecule has 0 spiro atoms. The third-order valence-corrected chi connectivity index (χ3v) is 8.64. The number of hydrogen-bond donors (Lipinski definition) is 4. The van der Waals surface area contributed by atoms with E-state index in [1.54, 1.807) is 29.3 Å². The molecule has 3 aromatic heterocycles. The number of aryl methyl sites for hydroxylation is 1. The van der Waals surface area contributed by atoms with E-state index in [9.17, 15) is 27.4 Å². The molecule has 0 aromatic carbocycles. The lowest BCUT2D eigenvalue weighted by atomic mass is 10.1. The Morgan fingerprint density at radius 3 is 2.40 bits per heavy atom. The summed E-state index contributed by atoms with van der Waals surface area (Å²) in [6.07, 6.45) is 5.95. The van der Waals surface area contributed by atoms with Gasteiger partial charge in [0.15, 0.2) is 0 Å². The molecule has 0 saturated carbocycles. The minimum Gasteiger partial charge on any atom is -0.355 e. The first-order valence-corrected chi connectivity index (χ1v) is 16.9. The van der Waals surface area contributed by atoms with E-state index in [-0.39, 0.29) is 24.4 Å². The van der Waals surface area contributed by atoms with Gasteiger partial charge in [0.2, 0.25) is 11.8 Å². The summed E-state index contributed by atoms with van der Waals surface area (Å²) in [6.45, 7) is 2.55. The number of aromatic nitrogens is 3. The van der Waals surface area contributed by atoms with Crippen LogP contribution in [0.1, 0.15) is 35.2 Å². The first-order chi connectivity index (χ1) is 20.1. The summed E-state index contributed by atoms with van der Waals surface area (Å²) in [6, 6.07) is 10.6. The molecule has 0 aliphatic carbocycles. The second-order valence-electron chi connectivity index (χ2n) is 9.09. The summed E-state index contributed by atoms with van der Waals surface area (Å²) in [5.74, 6) is -1.89. The number of unbranched alkanes of at least 4 members (excludes halogenated alkanes) is 1. The Hall–Kier alpha value is -3.53. The van der Waals surface area contributed by atoms with Crippen LogP contribution < -0.4 is 16.0 Å². The lowest BCUT2D eigenvalue weighted by Gasteiger charge is -2.17. The molecule has 3 amide bonds. The SMILES string of the molecule is Cc1ccnc(-c2cc(C(=O)NC(CS(=O)(=O)O)C(=O)NCCCCC(=O)NCCSSc3ccccn3)ccn2)c1. The number of amides is 3. The van der Waals surface area contributed by atoms with Crippen LogP contribution in [-0.4, -0.2) is 76.3 Å². The summed E-state index contributed by atoms with van der Waals surface area (Å²) in [5, 5.41) is 8.67. The van der Waals surface area contributed by atoms with Crippen molar-refractivity contribution in [1.29, 1.82) is 0 Å². The zero-order valence-electron chi connectivity index (χ0n) is 22.9. The highest BCUT2D eigenvalue weighted by Gasteiger charge is 2.26. The topological polar surface area (TPSA) is 180 Å². The molecule has 4 N–H and O–H groups in total. The highest BCUT2D eigenvalue weighted by Crippen LogP contribution is 2.28. The Morgan fingerprint density at radius 2 is 1.69 bits per heavy atom. The Labute approximate surface area is 252 Å². The predicted octanol–water partition coefficient (Wildman–Crippen LogP) is 2.68. The molecular formula is C27H32N6O6S3. The number of pyridine rings is 3. The molecule has 0 fully saturated rings. The molecule has 3 heterocycles. The van der Waals surface area contributed by atoms with Gasteiger partial charge in [-0.15, -0.1) is 0 Å². The first kappa shape index (κ1) is 33.0. The molecule has 0 saturated heterocycles. The van der Waals surface area contributed by atoms with Gasteiger partial charge in [0, 0.05) is 49.4 Å². The van der Waals surface area contributed by atoms with Gasteiger partial charge >= 0.3 is 0 Å². The van der Waals surface area contributed by atoms with Crippen LogP contribution in [-0.2, 0) is 19.7 Å². The van der Waals surface area contributed by atoms with Crippen molar-refractivity contribution >= 4 is 49.4 Å². The predicted molar refractivity (Wildman–Crippen MR) is 162 cm³/mol. The number of hydrogen-bond acceptors (Lipinski definition) is 10. The third-order valence-electron chi connectivity index (χ3n) is 5.62. The molecule has 0 aliphatic rings. The minimum atomic E-state index is -4.59. The van der Waals surface area contributed by atoms with Crippen molar-refractivity contribution in [3.8, 4) is 11.4 Å². The lowest BCUT2D eigenvalue weighted by Crippen LogP contribution is -2.50. The van der Waals surface area contributed by atoms with E-state index >= 15 is 0 Å². The smallest absolute Gasteiger partial charge is 0.267 e. The fraction of sp³-hybridized carbons (Fsp3) is 0.333. The molecule has 3 aromatic rings. The second-order valence-corrected chi connectivity index (χ2v) is 13.0. The van der Waals surface area contributed by atoms with Crippen molar-refractivity contribution in [1.82, 2.24) is 30.9 Å². The molecule has 224 valence electrons.